The van der Waals surface area contributed by atoms with E-state index in [0.29, 0.717) is 5.01 Å². The smallest absolute Gasteiger partial charge is 0.232 e. The molecule has 2 amide bonds. The first-order chi connectivity index (χ1) is 10.5. The molecule has 0 spiro atoms. The fourth-order valence-electron chi connectivity index (χ4n) is 2.39. The summed E-state index contributed by atoms with van der Waals surface area (Å²) >= 11 is 1.16. The van der Waals surface area contributed by atoms with Crippen LogP contribution in [0.5, 0.6) is 0 Å². The second-order valence-electron chi connectivity index (χ2n) is 5.15. The van der Waals surface area contributed by atoms with Crippen LogP contribution in [-0.2, 0) is 16.1 Å². The van der Waals surface area contributed by atoms with E-state index in [0.717, 1.165) is 28.4 Å². The number of likely N-dealkylation sites (tertiary alicyclic amines) is 1. The van der Waals surface area contributed by atoms with Crippen LogP contribution < -0.4 is 0 Å². The Morgan fingerprint density at radius 2 is 2.00 bits per heavy atom. The van der Waals surface area contributed by atoms with Crippen LogP contribution in [0.25, 0.3) is 11.3 Å². The Kier molecular flexibility index (Phi) is 3.74. The molecule has 1 saturated heterocycles. The van der Waals surface area contributed by atoms with Gasteiger partial charge in [-0.15, -0.1) is 11.3 Å². The summed E-state index contributed by atoms with van der Waals surface area (Å²) in [5, 5.41) is 1.99. The molecule has 7 heteroatoms. The van der Waals surface area contributed by atoms with E-state index in [1.807, 2.05) is 0 Å². The van der Waals surface area contributed by atoms with Gasteiger partial charge in [-0.1, -0.05) is 13.0 Å². The molecular formula is C15H12F2N2O2S. The molecule has 0 bridgehead atoms. The second-order valence-corrected chi connectivity index (χ2v) is 6.09. The van der Waals surface area contributed by atoms with Crippen LogP contribution in [0.15, 0.2) is 23.6 Å². The third-order valence-electron chi connectivity index (χ3n) is 3.53. The molecule has 1 fully saturated rings. The zero-order valence-electron chi connectivity index (χ0n) is 11.7. The van der Waals surface area contributed by atoms with Gasteiger partial charge < -0.3 is 0 Å². The fourth-order valence-corrected chi connectivity index (χ4v) is 3.16. The highest BCUT2D eigenvalue weighted by molar-refractivity contribution is 7.09. The fraction of sp³-hybridized carbons (Fsp3) is 0.267. The maximum absolute atomic E-state index is 13.7. The third-order valence-corrected chi connectivity index (χ3v) is 4.37. The molecule has 0 saturated carbocycles. The molecule has 0 radical (unpaired) electrons. The SMILES string of the molecule is C[C@@H]1CC(=O)N(Cc2nc(-c3c(F)cccc3F)cs2)C1=O. The molecule has 0 N–H and O–H groups in total. The van der Waals surface area contributed by atoms with Crippen molar-refractivity contribution in [2.75, 3.05) is 0 Å². The van der Waals surface area contributed by atoms with Gasteiger partial charge >= 0.3 is 0 Å². The zero-order chi connectivity index (χ0) is 15.9. The van der Waals surface area contributed by atoms with Crippen molar-refractivity contribution in [3.63, 3.8) is 0 Å². The minimum Gasteiger partial charge on any atom is -0.275 e. The van der Waals surface area contributed by atoms with Gasteiger partial charge in [0, 0.05) is 17.7 Å². The second kappa shape index (κ2) is 5.57. The van der Waals surface area contributed by atoms with E-state index in [4.69, 9.17) is 0 Å². The van der Waals surface area contributed by atoms with Crippen molar-refractivity contribution in [1.82, 2.24) is 9.88 Å². The molecule has 1 aliphatic heterocycles. The highest BCUT2D eigenvalue weighted by Crippen LogP contribution is 2.29. The molecule has 114 valence electrons. The number of thiazole rings is 1. The first kappa shape index (κ1) is 14.8. The highest BCUT2D eigenvalue weighted by Gasteiger charge is 2.35. The lowest BCUT2D eigenvalue weighted by Gasteiger charge is -2.11. The van der Waals surface area contributed by atoms with E-state index in [-0.39, 0.29) is 42.0 Å². The van der Waals surface area contributed by atoms with Gasteiger partial charge in [-0.25, -0.2) is 13.8 Å². The summed E-state index contributed by atoms with van der Waals surface area (Å²) in [6.45, 7) is 1.74. The highest BCUT2D eigenvalue weighted by atomic mass is 32.1. The van der Waals surface area contributed by atoms with Gasteiger partial charge in [0.15, 0.2) is 0 Å². The van der Waals surface area contributed by atoms with Crippen LogP contribution in [-0.4, -0.2) is 21.7 Å². The van der Waals surface area contributed by atoms with Gasteiger partial charge in [-0.2, -0.15) is 0 Å². The number of benzene rings is 1. The third kappa shape index (κ3) is 2.52. The van der Waals surface area contributed by atoms with Gasteiger partial charge in [0.05, 0.1) is 17.8 Å². The van der Waals surface area contributed by atoms with Gasteiger partial charge in [0.2, 0.25) is 11.8 Å². The number of imide groups is 1. The summed E-state index contributed by atoms with van der Waals surface area (Å²) in [5.74, 6) is -2.20. The van der Waals surface area contributed by atoms with Crippen molar-refractivity contribution in [2.45, 2.75) is 19.9 Å². The maximum Gasteiger partial charge on any atom is 0.232 e. The van der Waals surface area contributed by atoms with Crippen LogP contribution in [0.1, 0.15) is 18.4 Å². The lowest BCUT2D eigenvalue weighted by atomic mass is 10.1. The molecule has 0 aliphatic carbocycles. The number of halogens is 2. The van der Waals surface area contributed by atoms with E-state index in [9.17, 15) is 18.4 Å². The summed E-state index contributed by atoms with van der Waals surface area (Å²) in [6, 6.07) is 3.60. The number of hydrogen-bond acceptors (Lipinski definition) is 4. The van der Waals surface area contributed by atoms with Crippen LogP contribution in [0.3, 0.4) is 0 Å². The first-order valence-corrected chi connectivity index (χ1v) is 7.58. The molecule has 22 heavy (non-hydrogen) atoms. The normalized spacial score (nSPS) is 18.3. The van der Waals surface area contributed by atoms with Crippen LogP contribution >= 0.6 is 11.3 Å². The molecule has 2 aromatic rings. The van der Waals surface area contributed by atoms with Gasteiger partial charge in [-0.05, 0) is 12.1 Å². The number of aromatic nitrogens is 1. The predicted octanol–water partition coefficient (Wildman–Crippen LogP) is 2.98. The number of carbonyl (C=O) groups excluding carboxylic acids is 2. The summed E-state index contributed by atoms with van der Waals surface area (Å²) < 4.78 is 27.5. The Hall–Kier alpha value is -2.15. The van der Waals surface area contributed by atoms with Crippen LogP contribution in [0.2, 0.25) is 0 Å². The number of carbonyl (C=O) groups is 2. The van der Waals surface area contributed by atoms with E-state index < -0.39 is 11.6 Å². The van der Waals surface area contributed by atoms with E-state index in [2.05, 4.69) is 4.98 Å². The molecule has 1 aromatic heterocycles. The Balaban J connectivity index is 1.86. The lowest BCUT2D eigenvalue weighted by molar-refractivity contribution is -0.139. The average molecular weight is 322 g/mol. The van der Waals surface area contributed by atoms with Crippen molar-refractivity contribution in [3.8, 4) is 11.3 Å². The van der Waals surface area contributed by atoms with Crippen molar-refractivity contribution in [3.05, 3.63) is 40.2 Å². The Morgan fingerprint density at radius 1 is 1.32 bits per heavy atom. The van der Waals surface area contributed by atoms with Crippen LogP contribution in [0.4, 0.5) is 8.78 Å². The van der Waals surface area contributed by atoms with Gasteiger partial charge in [0.25, 0.3) is 0 Å². The largest absolute Gasteiger partial charge is 0.275 e. The van der Waals surface area contributed by atoms with Crippen molar-refractivity contribution in [2.24, 2.45) is 5.92 Å². The summed E-state index contributed by atoms with van der Waals surface area (Å²) in [4.78, 5) is 28.9. The molecule has 4 nitrogen and oxygen atoms in total. The Morgan fingerprint density at radius 3 is 2.59 bits per heavy atom. The number of hydrogen-bond donors (Lipinski definition) is 0. The average Bonchev–Trinajstić information content (AvgIpc) is 3.00. The minimum absolute atomic E-state index is 0.0444. The zero-order valence-corrected chi connectivity index (χ0v) is 12.5. The molecule has 0 unspecified atom stereocenters. The lowest BCUT2D eigenvalue weighted by Crippen LogP contribution is -2.29. The molecule has 3 rings (SSSR count). The van der Waals surface area contributed by atoms with Crippen molar-refractivity contribution in [1.29, 1.82) is 0 Å². The van der Waals surface area contributed by atoms with Crippen molar-refractivity contribution < 1.29 is 18.4 Å². The van der Waals surface area contributed by atoms with E-state index in [1.54, 1.807) is 6.92 Å². The molecule has 1 aliphatic rings. The summed E-state index contributed by atoms with van der Waals surface area (Å²) in [7, 11) is 0. The standard InChI is InChI=1S/C15H12F2N2O2S/c1-8-5-13(20)19(15(8)21)6-12-18-11(7-22-12)14-9(16)3-2-4-10(14)17/h2-4,7-8H,5-6H2,1H3/t8-/m1/s1. The quantitative estimate of drug-likeness (QED) is 0.816. The summed E-state index contributed by atoms with van der Waals surface area (Å²) in [5.41, 5.74) is -0.0276. The summed E-state index contributed by atoms with van der Waals surface area (Å²) in [6.07, 6.45) is 0.193. The number of amides is 2. The van der Waals surface area contributed by atoms with Crippen molar-refractivity contribution >= 4 is 23.2 Å². The Bertz CT molecular complexity index is 740. The molecule has 1 atom stereocenters. The number of nitrogens with zero attached hydrogens (tertiary/aromatic N) is 2. The first-order valence-electron chi connectivity index (χ1n) is 6.70. The Labute approximate surface area is 129 Å². The predicted molar refractivity (Wildman–Crippen MR) is 76.8 cm³/mol. The number of rotatable bonds is 3. The molecule has 1 aromatic carbocycles. The molecular weight excluding hydrogens is 310 g/mol. The van der Waals surface area contributed by atoms with Gasteiger partial charge in [-0.3, -0.25) is 14.5 Å². The monoisotopic (exact) mass is 322 g/mol. The maximum atomic E-state index is 13.7. The van der Waals surface area contributed by atoms with E-state index >= 15 is 0 Å². The topological polar surface area (TPSA) is 50.3 Å². The van der Waals surface area contributed by atoms with E-state index in [1.165, 1.54) is 11.4 Å². The molecule has 2 heterocycles. The minimum atomic E-state index is -0.696. The van der Waals surface area contributed by atoms with Crippen LogP contribution in [0, 0.1) is 17.6 Å². The van der Waals surface area contributed by atoms with Gasteiger partial charge in [0.1, 0.15) is 16.6 Å².